The van der Waals surface area contributed by atoms with E-state index in [1.165, 1.54) is 25.7 Å². The lowest BCUT2D eigenvalue weighted by Gasteiger charge is -2.20. The molecule has 0 bridgehead atoms. The summed E-state index contributed by atoms with van der Waals surface area (Å²) in [5, 5.41) is 14.6. The second kappa shape index (κ2) is 6.50. The van der Waals surface area contributed by atoms with Crippen molar-refractivity contribution >= 4 is 23.8 Å². The number of rotatable bonds is 8. The fourth-order valence-corrected chi connectivity index (χ4v) is 2.85. The van der Waals surface area contributed by atoms with Crippen LogP contribution < -0.4 is 10.6 Å². The number of carboxylic acid groups (broad SMARTS) is 1. The Labute approximate surface area is 117 Å². The summed E-state index contributed by atoms with van der Waals surface area (Å²) in [5.41, 5.74) is 0. The highest BCUT2D eigenvalue weighted by atomic mass is 32.2. The molecule has 108 valence electrons. The number of hydrogen-bond donors (Lipinski definition) is 3. The highest BCUT2D eigenvalue weighted by molar-refractivity contribution is 7.98. The molecule has 0 aromatic heterocycles. The molecule has 0 aromatic rings. The van der Waals surface area contributed by atoms with Crippen molar-refractivity contribution in [1.29, 1.82) is 0 Å². The van der Waals surface area contributed by atoms with Crippen LogP contribution in [0.3, 0.4) is 0 Å². The van der Waals surface area contributed by atoms with Crippen LogP contribution in [0.1, 0.15) is 32.1 Å². The smallest absolute Gasteiger partial charge is 0.326 e. The van der Waals surface area contributed by atoms with Crippen molar-refractivity contribution < 1.29 is 14.7 Å². The molecule has 2 saturated carbocycles. The Kier molecular flexibility index (Phi) is 4.96. The van der Waals surface area contributed by atoms with E-state index in [0.29, 0.717) is 18.3 Å². The van der Waals surface area contributed by atoms with Crippen molar-refractivity contribution in [2.45, 2.75) is 44.2 Å². The summed E-state index contributed by atoms with van der Waals surface area (Å²) in [5.74, 6) is 1.00. The molecule has 0 heterocycles. The van der Waals surface area contributed by atoms with Gasteiger partial charge in [0.2, 0.25) is 0 Å². The maximum absolute atomic E-state index is 11.9. The molecule has 0 saturated heterocycles. The molecule has 2 rings (SSSR count). The molecular weight excluding hydrogens is 264 g/mol. The summed E-state index contributed by atoms with van der Waals surface area (Å²) in [6.07, 6.45) is 7.15. The molecule has 0 aliphatic heterocycles. The zero-order chi connectivity index (χ0) is 13.8. The Morgan fingerprint density at radius 3 is 2.21 bits per heavy atom. The summed E-state index contributed by atoms with van der Waals surface area (Å²) < 4.78 is 0. The fraction of sp³-hybridized carbons (Fsp3) is 0.846. The second-order valence-electron chi connectivity index (χ2n) is 5.49. The molecule has 2 aliphatic carbocycles. The van der Waals surface area contributed by atoms with Gasteiger partial charge in [0.25, 0.3) is 0 Å². The lowest BCUT2D eigenvalue weighted by molar-refractivity contribution is -0.139. The van der Waals surface area contributed by atoms with E-state index in [1.807, 2.05) is 6.26 Å². The van der Waals surface area contributed by atoms with Crippen LogP contribution in [0.5, 0.6) is 0 Å². The maximum Gasteiger partial charge on any atom is 0.326 e. The van der Waals surface area contributed by atoms with E-state index in [9.17, 15) is 9.59 Å². The molecule has 0 spiro atoms. The summed E-state index contributed by atoms with van der Waals surface area (Å²) in [7, 11) is 0. The lowest BCUT2D eigenvalue weighted by Crippen LogP contribution is -2.50. The van der Waals surface area contributed by atoms with Gasteiger partial charge in [-0.1, -0.05) is 0 Å². The van der Waals surface area contributed by atoms with Gasteiger partial charge in [-0.3, -0.25) is 0 Å². The van der Waals surface area contributed by atoms with Gasteiger partial charge in [-0.2, -0.15) is 11.8 Å². The zero-order valence-electron chi connectivity index (χ0n) is 11.2. The number of nitrogens with one attached hydrogen (secondary N) is 2. The molecule has 0 radical (unpaired) electrons. The monoisotopic (exact) mass is 286 g/mol. The molecule has 2 fully saturated rings. The first kappa shape index (κ1) is 14.5. The first-order valence-corrected chi connectivity index (χ1v) is 8.30. The lowest BCUT2D eigenvalue weighted by atomic mass is 10.1. The largest absolute Gasteiger partial charge is 0.480 e. The van der Waals surface area contributed by atoms with Gasteiger partial charge < -0.3 is 15.7 Å². The van der Waals surface area contributed by atoms with Crippen LogP contribution in [0.25, 0.3) is 0 Å². The molecule has 1 atom stereocenters. The summed E-state index contributed by atoms with van der Waals surface area (Å²) >= 11 is 1.58. The Bertz CT molecular complexity index is 331. The van der Waals surface area contributed by atoms with Crippen molar-refractivity contribution in [2.75, 3.05) is 12.0 Å². The first-order chi connectivity index (χ1) is 9.11. The number of aliphatic carboxylic acids is 1. The number of carboxylic acids is 1. The third kappa shape index (κ3) is 4.60. The number of carbonyl (C=O) groups is 2. The Hall–Kier alpha value is -0.910. The van der Waals surface area contributed by atoms with Crippen LogP contribution in [0.4, 0.5) is 4.79 Å². The number of amides is 2. The quantitative estimate of drug-likeness (QED) is 0.634. The molecule has 0 unspecified atom stereocenters. The van der Waals surface area contributed by atoms with Gasteiger partial charge >= 0.3 is 12.0 Å². The summed E-state index contributed by atoms with van der Waals surface area (Å²) in [6, 6.07) is -0.848. The predicted molar refractivity (Wildman–Crippen MR) is 75.3 cm³/mol. The maximum atomic E-state index is 11.9. The highest BCUT2D eigenvalue weighted by Gasteiger charge is 2.42. The van der Waals surface area contributed by atoms with E-state index in [-0.39, 0.29) is 12.1 Å². The summed E-state index contributed by atoms with van der Waals surface area (Å²) in [4.78, 5) is 23.0. The fourth-order valence-electron chi connectivity index (χ4n) is 2.38. The van der Waals surface area contributed by atoms with Crippen LogP contribution in [0, 0.1) is 11.8 Å². The molecule has 19 heavy (non-hydrogen) atoms. The van der Waals surface area contributed by atoms with Crippen LogP contribution in [0.15, 0.2) is 0 Å². The van der Waals surface area contributed by atoms with Crippen LogP contribution in [-0.4, -0.2) is 41.2 Å². The van der Waals surface area contributed by atoms with Crippen molar-refractivity contribution in [1.82, 2.24) is 10.6 Å². The van der Waals surface area contributed by atoms with Crippen LogP contribution in [0.2, 0.25) is 0 Å². The van der Waals surface area contributed by atoms with Crippen molar-refractivity contribution in [3.8, 4) is 0 Å². The Morgan fingerprint density at radius 1 is 1.21 bits per heavy atom. The van der Waals surface area contributed by atoms with Gasteiger partial charge in [0.1, 0.15) is 6.04 Å². The number of hydrogen-bond acceptors (Lipinski definition) is 3. The van der Waals surface area contributed by atoms with Gasteiger partial charge in [-0.05, 0) is 55.9 Å². The third-order valence-corrected chi connectivity index (χ3v) is 4.42. The SMILES string of the molecule is CSCC[C@H](NC(=O)NC(C1CC1)C1CC1)C(=O)O. The molecule has 5 nitrogen and oxygen atoms in total. The number of carbonyl (C=O) groups excluding carboxylic acids is 1. The minimum atomic E-state index is -0.960. The zero-order valence-corrected chi connectivity index (χ0v) is 12.0. The van der Waals surface area contributed by atoms with Crippen LogP contribution >= 0.6 is 11.8 Å². The molecular formula is C13H22N2O3S. The standard InChI is InChI=1S/C13H22N2O3S/c1-19-7-6-10(12(16)17)14-13(18)15-11(8-2-3-8)9-4-5-9/h8-11H,2-7H2,1H3,(H,16,17)(H2,14,15,18)/t10-/m0/s1. The third-order valence-electron chi connectivity index (χ3n) is 3.77. The first-order valence-electron chi connectivity index (χ1n) is 6.90. The number of thioether (sulfide) groups is 1. The van der Waals surface area contributed by atoms with E-state index >= 15 is 0 Å². The van der Waals surface area contributed by atoms with E-state index < -0.39 is 12.0 Å². The molecule has 3 N–H and O–H groups in total. The topological polar surface area (TPSA) is 78.4 Å². The van der Waals surface area contributed by atoms with Crippen LogP contribution in [-0.2, 0) is 4.79 Å². The predicted octanol–water partition coefficient (Wildman–Crippen LogP) is 1.68. The van der Waals surface area contributed by atoms with Crippen molar-refractivity contribution in [3.63, 3.8) is 0 Å². The second-order valence-corrected chi connectivity index (χ2v) is 6.48. The van der Waals surface area contributed by atoms with E-state index in [0.717, 1.165) is 5.75 Å². The molecule has 2 amide bonds. The molecule has 6 heteroatoms. The van der Waals surface area contributed by atoms with Gasteiger partial charge in [-0.15, -0.1) is 0 Å². The minimum Gasteiger partial charge on any atom is -0.480 e. The van der Waals surface area contributed by atoms with Crippen molar-refractivity contribution in [2.24, 2.45) is 11.8 Å². The van der Waals surface area contributed by atoms with Crippen molar-refractivity contribution in [3.05, 3.63) is 0 Å². The minimum absolute atomic E-state index is 0.259. The Morgan fingerprint density at radius 2 is 1.79 bits per heavy atom. The highest BCUT2D eigenvalue weighted by Crippen LogP contribution is 2.44. The summed E-state index contributed by atoms with van der Waals surface area (Å²) in [6.45, 7) is 0. The van der Waals surface area contributed by atoms with E-state index in [4.69, 9.17) is 5.11 Å². The van der Waals surface area contributed by atoms with Gasteiger partial charge in [-0.25, -0.2) is 9.59 Å². The van der Waals surface area contributed by atoms with E-state index in [1.54, 1.807) is 11.8 Å². The molecule has 2 aliphatic rings. The average Bonchev–Trinajstić information content (AvgIpc) is 3.24. The number of urea groups is 1. The van der Waals surface area contributed by atoms with Gasteiger partial charge in [0.15, 0.2) is 0 Å². The van der Waals surface area contributed by atoms with Gasteiger partial charge in [0.05, 0.1) is 0 Å². The van der Waals surface area contributed by atoms with Gasteiger partial charge in [0, 0.05) is 6.04 Å². The Balaban J connectivity index is 1.78. The molecule has 0 aromatic carbocycles. The van der Waals surface area contributed by atoms with E-state index in [2.05, 4.69) is 10.6 Å². The normalized spacial score (nSPS) is 20.1. The average molecular weight is 286 g/mol.